The van der Waals surface area contributed by atoms with Crippen LogP contribution in [0.25, 0.3) is 0 Å². The second-order valence-corrected chi connectivity index (χ2v) is 3.22. The Bertz CT molecular complexity index is 267. The zero-order valence-electron chi connectivity index (χ0n) is 9.47. The molecule has 0 aromatic carbocycles. The largest absolute Gasteiger partial charge is 0.467 e. The van der Waals surface area contributed by atoms with Crippen LogP contribution in [0.1, 0.15) is 13.3 Å². The van der Waals surface area contributed by atoms with E-state index in [1.807, 2.05) is 0 Å². The Morgan fingerprint density at radius 2 is 1.94 bits per heavy atom. The maximum absolute atomic E-state index is 11.8. The highest BCUT2D eigenvalue weighted by molar-refractivity contribution is 5.83. The fourth-order valence-electron chi connectivity index (χ4n) is 0.945. The van der Waals surface area contributed by atoms with Crippen molar-refractivity contribution < 1.29 is 32.2 Å². The summed E-state index contributed by atoms with van der Waals surface area (Å²) in [6.07, 6.45) is -5.42. The molecule has 100 valence electrons. The Kier molecular flexibility index (Phi) is 6.55. The van der Waals surface area contributed by atoms with Gasteiger partial charge in [-0.2, -0.15) is 13.2 Å². The van der Waals surface area contributed by atoms with E-state index in [-0.39, 0.29) is 6.61 Å². The molecule has 17 heavy (non-hydrogen) atoms. The number of alkyl halides is 3. The number of nitrogens with one attached hydrogen (secondary N) is 1. The molecule has 1 unspecified atom stereocenters. The summed E-state index contributed by atoms with van der Waals surface area (Å²) in [6.45, 7) is 0.241. The summed E-state index contributed by atoms with van der Waals surface area (Å²) in [7, 11) is 1.10. The van der Waals surface area contributed by atoms with E-state index in [9.17, 15) is 22.8 Å². The van der Waals surface area contributed by atoms with Crippen LogP contribution in [-0.4, -0.2) is 44.4 Å². The van der Waals surface area contributed by atoms with Gasteiger partial charge in [-0.15, -0.1) is 0 Å². The molecule has 0 bridgehead atoms. The van der Waals surface area contributed by atoms with Gasteiger partial charge in [0.1, 0.15) is 0 Å². The van der Waals surface area contributed by atoms with Gasteiger partial charge in [-0.1, -0.05) is 0 Å². The van der Waals surface area contributed by atoms with E-state index in [0.717, 1.165) is 7.11 Å². The van der Waals surface area contributed by atoms with Crippen molar-refractivity contribution in [1.29, 1.82) is 0 Å². The predicted molar refractivity (Wildman–Crippen MR) is 51.1 cm³/mol. The molecule has 0 aliphatic carbocycles. The van der Waals surface area contributed by atoms with Crippen LogP contribution in [0.4, 0.5) is 13.2 Å². The molecular formula is C9H14F3NO4. The molecule has 8 heteroatoms. The molecule has 0 aliphatic heterocycles. The van der Waals surface area contributed by atoms with Gasteiger partial charge in [0.25, 0.3) is 0 Å². The molecule has 0 aliphatic rings. The van der Waals surface area contributed by atoms with E-state index >= 15 is 0 Å². The Morgan fingerprint density at radius 1 is 1.35 bits per heavy atom. The molecule has 0 saturated heterocycles. The second kappa shape index (κ2) is 7.10. The van der Waals surface area contributed by atoms with E-state index in [1.54, 1.807) is 0 Å². The molecule has 0 fully saturated rings. The summed E-state index contributed by atoms with van der Waals surface area (Å²) in [5.41, 5.74) is 0. The summed E-state index contributed by atoms with van der Waals surface area (Å²) < 4.78 is 44.3. The van der Waals surface area contributed by atoms with Gasteiger partial charge in [0.05, 0.1) is 26.7 Å². The summed E-state index contributed by atoms with van der Waals surface area (Å²) in [5, 5.41) is 2.21. The number of methoxy groups -OCH3 is 1. The molecule has 0 heterocycles. The minimum absolute atomic E-state index is 0.359. The maximum Gasteiger partial charge on any atom is 0.391 e. The van der Waals surface area contributed by atoms with E-state index in [0.29, 0.717) is 0 Å². The Morgan fingerprint density at radius 3 is 2.35 bits per heavy atom. The smallest absolute Gasteiger partial charge is 0.391 e. The second-order valence-electron chi connectivity index (χ2n) is 3.22. The van der Waals surface area contributed by atoms with E-state index < -0.39 is 37.1 Å². The van der Waals surface area contributed by atoms with Gasteiger partial charge in [-0.05, 0) is 0 Å². The third-order valence-electron chi connectivity index (χ3n) is 1.68. The number of rotatable bonds is 6. The maximum atomic E-state index is 11.8. The zero-order valence-corrected chi connectivity index (χ0v) is 9.47. The van der Waals surface area contributed by atoms with Crippen LogP contribution in [0.2, 0.25) is 0 Å². The number of ether oxygens (including phenoxy) is 2. The molecule has 0 rings (SSSR count). The lowest BCUT2D eigenvalue weighted by Crippen LogP contribution is -2.43. The minimum Gasteiger partial charge on any atom is -0.467 e. The summed E-state index contributed by atoms with van der Waals surface area (Å²) in [6, 6.07) is -1.09. The van der Waals surface area contributed by atoms with Crippen LogP contribution in [0.5, 0.6) is 0 Å². The molecule has 0 aromatic rings. The standard InChI is InChI=1S/C9H14F3NO4/c1-6(14)13-7(8(15)16-2)5-17-4-3-9(10,11)12/h7H,3-5H2,1-2H3,(H,13,14). The normalized spacial score (nSPS) is 13.0. The lowest BCUT2D eigenvalue weighted by Gasteiger charge is -2.15. The van der Waals surface area contributed by atoms with Crippen LogP contribution in [0.3, 0.4) is 0 Å². The van der Waals surface area contributed by atoms with Gasteiger partial charge in [0, 0.05) is 6.92 Å². The van der Waals surface area contributed by atoms with Gasteiger partial charge >= 0.3 is 12.1 Å². The van der Waals surface area contributed by atoms with Gasteiger partial charge in [0.15, 0.2) is 6.04 Å². The average molecular weight is 257 g/mol. The van der Waals surface area contributed by atoms with Crippen LogP contribution in [0, 0.1) is 0 Å². The van der Waals surface area contributed by atoms with Crippen LogP contribution >= 0.6 is 0 Å². The molecule has 5 nitrogen and oxygen atoms in total. The van der Waals surface area contributed by atoms with Crippen molar-refractivity contribution in [1.82, 2.24) is 5.32 Å². The molecule has 0 saturated carbocycles. The van der Waals surface area contributed by atoms with Crippen molar-refractivity contribution in [3.05, 3.63) is 0 Å². The van der Waals surface area contributed by atoms with E-state index in [1.165, 1.54) is 6.92 Å². The lowest BCUT2D eigenvalue weighted by molar-refractivity contribution is -0.151. The molecule has 0 aromatic heterocycles. The summed E-state index contributed by atoms with van der Waals surface area (Å²) >= 11 is 0. The number of esters is 1. The molecule has 1 amide bonds. The van der Waals surface area contributed by atoms with Gasteiger partial charge in [-0.25, -0.2) is 4.79 Å². The first kappa shape index (κ1) is 15.7. The van der Waals surface area contributed by atoms with Gasteiger partial charge in [-0.3, -0.25) is 4.79 Å². The topological polar surface area (TPSA) is 64.6 Å². The summed E-state index contributed by atoms with van der Waals surface area (Å²) in [5.74, 6) is -1.27. The molecule has 1 N–H and O–H groups in total. The van der Waals surface area contributed by atoms with Gasteiger partial charge in [0.2, 0.25) is 5.91 Å². The third-order valence-corrected chi connectivity index (χ3v) is 1.68. The van der Waals surface area contributed by atoms with E-state index in [4.69, 9.17) is 0 Å². The van der Waals surface area contributed by atoms with Crippen molar-refractivity contribution in [3.63, 3.8) is 0 Å². The monoisotopic (exact) mass is 257 g/mol. The number of amides is 1. The van der Waals surface area contributed by atoms with Crippen molar-refractivity contribution in [2.24, 2.45) is 0 Å². The highest BCUT2D eigenvalue weighted by Gasteiger charge is 2.27. The van der Waals surface area contributed by atoms with Crippen molar-refractivity contribution in [2.45, 2.75) is 25.6 Å². The number of hydrogen-bond donors (Lipinski definition) is 1. The highest BCUT2D eigenvalue weighted by Crippen LogP contribution is 2.18. The van der Waals surface area contributed by atoms with Crippen LogP contribution in [-0.2, 0) is 19.1 Å². The van der Waals surface area contributed by atoms with Crippen molar-refractivity contribution in [2.75, 3.05) is 20.3 Å². The number of carbonyl (C=O) groups excluding carboxylic acids is 2. The number of hydrogen-bond acceptors (Lipinski definition) is 4. The van der Waals surface area contributed by atoms with Crippen molar-refractivity contribution in [3.8, 4) is 0 Å². The molecule has 1 atom stereocenters. The SMILES string of the molecule is COC(=O)C(COCCC(F)(F)F)NC(C)=O. The molecule has 0 radical (unpaired) electrons. The molecule has 0 spiro atoms. The first-order valence-electron chi connectivity index (χ1n) is 4.75. The van der Waals surface area contributed by atoms with Crippen LogP contribution in [0.15, 0.2) is 0 Å². The third kappa shape index (κ3) is 8.49. The Hall–Kier alpha value is -1.31. The zero-order chi connectivity index (χ0) is 13.5. The highest BCUT2D eigenvalue weighted by atomic mass is 19.4. The lowest BCUT2D eigenvalue weighted by atomic mass is 10.3. The fraction of sp³-hybridized carbons (Fsp3) is 0.778. The predicted octanol–water partition coefficient (Wildman–Crippen LogP) is 0.633. The first-order valence-corrected chi connectivity index (χ1v) is 4.75. The van der Waals surface area contributed by atoms with E-state index in [2.05, 4.69) is 14.8 Å². The average Bonchev–Trinajstić information content (AvgIpc) is 2.19. The Labute approximate surface area is 96.3 Å². The van der Waals surface area contributed by atoms with Crippen molar-refractivity contribution >= 4 is 11.9 Å². The molecular weight excluding hydrogens is 243 g/mol. The number of carbonyl (C=O) groups is 2. The number of halogens is 3. The Balaban J connectivity index is 4.00. The quantitative estimate of drug-likeness (QED) is 0.560. The summed E-state index contributed by atoms with van der Waals surface area (Å²) in [4.78, 5) is 21.8. The van der Waals surface area contributed by atoms with Gasteiger partial charge < -0.3 is 14.8 Å². The minimum atomic E-state index is -4.31. The fourth-order valence-corrected chi connectivity index (χ4v) is 0.945. The first-order chi connectivity index (χ1) is 7.76. The van der Waals surface area contributed by atoms with Crippen LogP contribution < -0.4 is 5.32 Å².